The first kappa shape index (κ1) is 13.4. The van der Waals surface area contributed by atoms with Gasteiger partial charge in [-0.05, 0) is 25.5 Å². The second-order valence-corrected chi connectivity index (χ2v) is 4.50. The second kappa shape index (κ2) is 5.27. The van der Waals surface area contributed by atoms with Crippen molar-refractivity contribution >= 4 is 0 Å². The van der Waals surface area contributed by atoms with Crippen molar-refractivity contribution < 1.29 is 18.3 Å². The van der Waals surface area contributed by atoms with Crippen LogP contribution in [-0.4, -0.2) is 51.2 Å². The summed E-state index contributed by atoms with van der Waals surface area (Å²) in [6, 6.07) is 0.951. The van der Waals surface area contributed by atoms with E-state index in [0.29, 0.717) is 32.5 Å². The Kier molecular flexibility index (Phi) is 3.91. The van der Waals surface area contributed by atoms with E-state index in [1.165, 1.54) is 0 Å². The molecule has 1 aromatic heterocycles. The SMILES string of the molecule is O[C@H]([C@@H]1CCCN1CCn1cccn1)C(F)(F)F. The largest absolute Gasteiger partial charge is 0.415 e. The third-order valence-electron chi connectivity index (χ3n) is 3.29. The van der Waals surface area contributed by atoms with Crippen LogP contribution < -0.4 is 0 Å². The lowest BCUT2D eigenvalue weighted by molar-refractivity contribution is -0.219. The Morgan fingerprint density at radius 3 is 2.78 bits per heavy atom. The maximum atomic E-state index is 12.5. The molecule has 0 bridgehead atoms. The Hall–Kier alpha value is -1.08. The van der Waals surface area contributed by atoms with Crippen molar-refractivity contribution in [3.8, 4) is 0 Å². The molecule has 102 valence electrons. The summed E-state index contributed by atoms with van der Waals surface area (Å²) in [5.41, 5.74) is 0. The van der Waals surface area contributed by atoms with Gasteiger partial charge in [0.2, 0.25) is 0 Å². The van der Waals surface area contributed by atoms with Gasteiger partial charge in [0.1, 0.15) is 0 Å². The molecule has 0 aromatic carbocycles. The molecule has 0 aliphatic carbocycles. The molecule has 0 radical (unpaired) electrons. The lowest BCUT2D eigenvalue weighted by Gasteiger charge is -2.29. The van der Waals surface area contributed by atoms with Gasteiger partial charge in [0, 0.05) is 25.0 Å². The summed E-state index contributed by atoms with van der Waals surface area (Å²) in [7, 11) is 0. The predicted octanol–water partition coefficient (Wildman–Crippen LogP) is 1.27. The monoisotopic (exact) mass is 263 g/mol. The highest BCUT2D eigenvalue weighted by molar-refractivity contribution is 4.88. The molecule has 1 aliphatic heterocycles. The fraction of sp³-hybridized carbons (Fsp3) is 0.727. The van der Waals surface area contributed by atoms with E-state index in [2.05, 4.69) is 5.10 Å². The van der Waals surface area contributed by atoms with Crippen LogP contribution in [0, 0.1) is 0 Å². The summed E-state index contributed by atoms with van der Waals surface area (Å²) >= 11 is 0. The summed E-state index contributed by atoms with van der Waals surface area (Å²) in [6.07, 6.45) is -2.31. The number of hydrogen-bond acceptors (Lipinski definition) is 3. The third kappa shape index (κ3) is 3.02. The summed E-state index contributed by atoms with van der Waals surface area (Å²) in [6.45, 7) is 1.60. The molecule has 2 atom stereocenters. The molecular weight excluding hydrogens is 247 g/mol. The Balaban J connectivity index is 1.91. The molecule has 1 aliphatic rings. The molecule has 1 aromatic rings. The number of likely N-dealkylation sites (tertiary alicyclic amines) is 1. The smallest absolute Gasteiger partial charge is 0.382 e. The van der Waals surface area contributed by atoms with Gasteiger partial charge in [0.05, 0.1) is 6.54 Å². The van der Waals surface area contributed by atoms with E-state index in [9.17, 15) is 18.3 Å². The summed E-state index contributed by atoms with van der Waals surface area (Å²) < 4.78 is 39.2. The molecule has 7 heteroatoms. The van der Waals surface area contributed by atoms with Crippen LogP contribution in [0.3, 0.4) is 0 Å². The summed E-state index contributed by atoms with van der Waals surface area (Å²) in [5, 5.41) is 13.3. The first-order valence-electron chi connectivity index (χ1n) is 5.95. The van der Waals surface area contributed by atoms with Crippen LogP contribution in [0.5, 0.6) is 0 Å². The maximum absolute atomic E-state index is 12.5. The highest BCUT2D eigenvalue weighted by Gasteiger charge is 2.46. The highest BCUT2D eigenvalue weighted by atomic mass is 19.4. The summed E-state index contributed by atoms with van der Waals surface area (Å²) in [4.78, 5) is 1.69. The van der Waals surface area contributed by atoms with E-state index in [1.807, 2.05) is 0 Å². The summed E-state index contributed by atoms with van der Waals surface area (Å²) in [5.74, 6) is 0. The zero-order valence-corrected chi connectivity index (χ0v) is 9.85. The van der Waals surface area contributed by atoms with Crippen LogP contribution in [0.25, 0.3) is 0 Å². The molecule has 0 unspecified atom stereocenters. The minimum atomic E-state index is -4.54. The first-order valence-corrected chi connectivity index (χ1v) is 5.95. The van der Waals surface area contributed by atoms with E-state index in [1.54, 1.807) is 28.0 Å². The normalized spacial score (nSPS) is 23.4. The highest BCUT2D eigenvalue weighted by Crippen LogP contribution is 2.30. The van der Waals surface area contributed by atoms with Crippen molar-refractivity contribution in [1.29, 1.82) is 0 Å². The quantitative estimate of drug-likeness (QED) is 0.889. The zero-order valence-electron chi connectivity index (χ0n) is 9.85. The minimum Gasteiger partial charge on any atom is -0.382 e. The molecule has 0 saturated carbocycles. The average Bonchev–Trinajstić information content (AvgIpc) is 2.95. The fourth-order valence-corrected chi connectivity index (χ4v) is 2.37. The number of aliphatic hydroxyl groups is 1. The zero-order chi connectivity index (χ0) is 13.2. The maximum Gasteiger partial charge on any atom is 0.415 e. The predicted molar refractivity (Wildman–Crippen MR) is 58.9 cm³/mol. The van der Waals surface area contributed by atoms with Crippen molar-refractivity contribution in [2.24, 2.45) is 0 Å². The molecule has 2 heterocycles. The Morgan fingerprint density at radius 2 is 2.17 bits per heavy atom. The van der Waals surface area contributed by atoms with Gasteiger partial charge in [-0.3, -0.25) is 9.58 Å². The van der Waals surface area contributed by atoms with Gasteiger partial charge < -0.3 is 5.11 Å². The topological polar surface area (TPSA) is 41.3 Å². The van der Waals surface area contributed by atoms with Crippen molar-refractivity contribution in [3.63, 3.8) is 0 Å². The number of aliphatic hydroxyl groups excluding tert-OH is 1. The minimum absolute atomic E-state index is 0.389. The molecule has 1 saturated heterocycles. The van der Waals surface area contributed by atoms with Crippen molar-refractivity contribution in [1.82, 2.24) is 14.7 Å². The molecular formula is C11H16F3N3O. The van der Waals surface area contributed by atoms with Crippen molar-refractivity contribution in [2.45, 2.75) is 37.7 Å². The third-order valence-corrected chi connectivity index (χ3v) is 3.29. The van der Waals surface area contributed by atoms with Crippen LogP contribution in [0.1, 0.15) is 12.8 Å². The van der Waals surface area contributed by atoms with Gasteiger partial charge in [-0.25, -0.2) is 0 Å². The van der Waals surface area contributed by atoms with Gasteiger partial charge >= 0.3 is 6.18 Å². The van der Waals surface area contributed by atoms with Crippen LogP contribution in [-0.2, 0) is 6.54 Å². The van der Waals surface area contributed by atoms with Gasteiger partial charge in [0.25, 0.3) is 0 Å². The molecule has 1 fully saturated rings. The molecule has 1 N–H and O–H groups in total. The van der Waals surface area contributed by atoms with Crippen LogP contribution in [0.2, 0.25) is 0 Å². The Morgan fingerprint density at radius 1 is 1.39 bits per heavy atom. The lowest BCUT2D eigenvalue weighted by Crippen LogP contribution is -2.47. The molecule has 18 heavy (non-hydrogen) atoms. The second-order valence-electron chi connectivity index (χ2n) is 4.50. The lowest BCUT2D eigenvalue weighted by atomic mass is 10.1. The Labute approximate surface area is 103 Å². The van der Waals surface area contributed by atoms with E-state index in [4.69, 9.17) is 0 Å². The van der Waals surface area contributed by atoms with E-state index < -0.39 is 18.3 Å². The van der Waals surface area contributed by atoms with Gasteiger partial charge in [0.15, 0.2) is 6.10 Å². The number of halogens is 3. The van der Waals surface area contributed by atoms with Gasteiger partial charge in [-0.2, -0.15) is 18.3 Å². The number of alkyl halides is 3. The number of hydrogen-bond donors (Lipinski definition) is 1. The van der Waals surface area contributed by atoms with Crippen LogP contribution >= 0.6 is 0 Å². The number of nitrogens with zero attached hydrogens (tertiary/aromatic N) is 3. The molecule has 0 spiro atoms. The Bertz CT molecular complexity index is 366. The van der Waals surface area contributed by atoms with Crippen molar-refractivity contribution in [3.05, 3.63) is 18.5 Å². The van der Waals surface area contributed by atoms with E-state index in [-0.39, 0.29) is 0 Å². The van der Waals surface area contributed by atoms with Crippen molar-refractivity contribution in [2.75, 3.05) is 13.1 Å². The molecule has 4 nitrogen and oxygen atoms in total. The van der Waals surface area contributed by atoms with E-state index >= 15 is 0 Å². The van der Waals surface area contributed by atoms with E-state index in [0.717, 1.165) is 0 Å². The number of rotatable bonds is 4. The first-order chi connectivity index (χ1) is 8.48. The van der Waals surface area contributed by atoms with Gasteiger partial charge in [-0.15, -0.1) is 0 Å². The van der Waals surface area contributed by atoms with Gasteiger partial charge in [-0.1, -0.05) is 0 Å². The molecule has 2 rings (SSSR count). The van der Waals surface area contributed by atoms with Crippen LogP contribution in [0.15, 0.2) is 18.5 Å². The fourth-order valence-electron chi connectivity index (χ4n) is 2.37. The number of aromatic nitrogens is 2. The average molecular weight is 263 g/mol. The molecule has 0 amide bonds. The standard InChI is InChI=1S/C11H16F3N3O/c12-11(13,14)10(18)9-3-1-5-16(9)7-8-17-6-2-4-15-17/h2,4,6,9-10,18H,1,3,5,7-8H2/t9-,10+/m0/s1. The van der Waals surface area contributed by atoms with Crippen LogP contribution in [0.4, 0.5) is 13.2 Å².